The summed E-state index contributed by atoms with van der Waals surface area (Å²) in [6.45, 7) is 4.59. The van der Waals surface area contributed by atoms with Crippen molar-refractivity contribution in [3.8, 4) is 0 Å². The Kier molecular flexibility index (Phi) is 6.78. The van der Waals surface area contributed by atoms with E-state index in [0.29, 0.717) is 27.9 Å². The van der Waals surface area contributed by atoms with Gasteiger partial charge in [-0.05, 0) is 50.2 Å². The average molecular weight is 493 g/mol. The lowest BCUT2D eigenvalue weighted by Crippen LogP contribution is -2.35. The number of hydrogen-bond donors (Lipinski definition) is 0. The van der Waals surface area contributed by atoms with Crippen LogP contribution >= 0.6 is 34.7 Å². The zero-order chi connectivity index (χ0) is 22.8. The molecule has 0 saturated heterocycles. The number of rotatable bonds is 7. The fourth-order valence-corrected chi connectivity index (χ4v) is 5.19. The molecule has 0 aliphatic heterocycles. The first-order valence-electron chi connectivity index (χ1n) is 9.75. The fraction of sp³-hybridized carbons (Fsp3) is 0.227. The van der Waals surface area contributed by atoms with Gasteiger partial charge in [-0.3, -0.25) is 14.4 Å². The lowest BCUT2D eigenvalue weighted by atomic mass is 10.3. The minimum Gasteiger partial charge on any atom is -0.285 e. The molecular weight excluding hydrogens is 474 g/mol. The minimum atomic E-state index is -0.746. The Morgan fingerprint density at radius 1 is 1.19 bits per heavy atom. The summed E-state index contributed by atoms with van der Waals surface area (Å²) in [4.78, 5) is 19.9. The van der Waals surface area contributed by atoms with Crippen molar-refractivity contribution in [1.82, 2.24) is 14.8 Å². The molecule has 0 aliphatic carbocycles. The molecule has 0 saturated carbocycles. The predicted molar refractivity (Wildman–Crippen MR) is 126 cm³/mol. The number of aromatic nitrogens is 3. The smallest absolute Gasteiger partial charge is 0.239 e. The highest BCUT2D eigenvalue weighted by molar-refractivity contribution is 8.00. The van der Waals surface area contributed by atoms with Gasteiger partial charge in [0.25, 0.3) is 0 Å². The highest BCUT2D eigenvalue weighted by atomic mass is 35.5. The number of halogens is 3. The summed E-state index contributed by atoms with van der Waals surface area (Å²) >= 11 is 8.38. The second-order valence-corrected chi connectivity index (χ2v) is 9.66. The maximum atomic E-state index is 14.2. The van der Waals surface area contributed by atoms with Crippen LogP contribution < -0.4 is 4.90 Å². The molecule has 2 heterocycles. The van der Waals surface area contributed by atoms with Crippen LogP contribution in [0.15, 0.2) is 47.4 Å². The van der Waals surface area contributed by atoms with Crippen LogP contribution in [0, 0.1) is 25.5 Å². The maximum absolute atomic E-state index is 14.2. The number of benzene rings is 2. The molecule has 0 bridgehead atoms. The molecule has 4 aromatic rings. The summed E-state index contributed by atoms with van der Waals surface area (Å²) in [5.41, 5.74) is 1.92. The SMILES string of the molecule is Cc1cc(C)n(CCN(C(=O)CSc2ccc(Cl)cc2)c2nc3c(F)cc(F)cc3s2)n1. The van der Waals surface area contributed by atoms with Crippen molar-refractivity contribution >= 4 is 56.0 Å². The van der Waals surface area contributed by atoms with E-state index in [1.807, 2.05) is 36.7 Å². The molecule has 2 aromatic heterocycles. The van der Waals surface area contributed by atoms with Crippen LogP contribution in [-0.2, 0) is 11.3 Å². The van der Waals surface area contributed by atoms with E-state index >= 15 is 0 Å². The first-order valence-corrected chi connectivity index (χ1v) is 11.9. The average Bonchev–Trinajstić information content (AvgIpc) is 3.30. The van der Waals surface area contributed by atoms with Gasteiger partial charge in [0, 0.05) is 28.2 Å². The quantitative estimate of drug-likeness (QED) is 0.303. The molecule has 0 radical (unpaired) electrons. The van der Waals surface area contributed by atoms with Crippen LogP contribution in [0.4, 0.5) is 13.9 Å². The number of amides is 1. The second kappa shape index (κ2) is 9.56. The highest BCUT2D eigenvalue weighted by Gasteiger charge is 2.22. The number of anilines is 1. The van der Waals surface area contributed by atoms with Crippen LogP contribution in [0.25, 0.3) is 10.2 Å². The summed E-state index contributed by atoms with van der Waals surface area (Å²) in [6, 6.07) is 11.2. The first kappa shape index (κ1) is 22.7. The third-order valence-electron chi connectivity index (χ3n) is 4.75. The number of carbonyl (C=O) groups is 1. The number of aryl methyl sites for hydroxylation is 2. The van der Waals surface area contributed by atoms with Gasteiger partial charge >= 0.3 is 0 Å². The molecule has 10 heteroatoms. The fourth-order valence-electron chi connectivity index (χ4n) is 3.24. The minimum absolute atomic E-state index is 0.0562. The number of thioether (sulfide) groups is 1. The van der Waals surface area contributed by atoms with E-state index in [1.54, 1.807) is 12.1 Å². The topological polar surface area (TPSA) is 51.0 Å². The molecule has 0 aliphatic rings. The molecular formula is C22H19ClF2N4OS2. The summed E-state index contributed by atoms with van der Waals surface area (Å²) < 4.78 is 30.0. The van der Waals surface area contributed by atoms with Gasteiger partial charge in [-0.15, -0.1) is 11.8 Å². The van der Waals surface area contributed by atoms with E-state index in [9.17, 15) is 13.6 Å². The molecule has 5 nitrogen and oxygen atoms in total. The Bertz CT molecular complexity index is 1270. The van der Waals surface area contributed by atoms with Crippen LogP contribution in [-0.4, -0.2) is 33.0 Å². The highest BCUT2D eigenvalue weighted by Crippen LogP contribution is 2.32. The Morgan fingerprint density at radius 2 is 1.94 bits per heavy atom. The zero-order valence-electron chi connectivity index (χ0n) is 17.3. The maximum Gasteiger partial charge on any atom is 0.239 e. The summed E-state index contributed by atoms with van der Waals surface area (Å²) in [7, 11) is 0. The van der Waals surface area contributed by atoms with E-state index in [4.69, 9.17) is 11.6 Å². The van der Waals surface area contributed by atoms with Gasteiger partial charge in [0.15, 0.2) is 10.9 Å². The Hall–Kier alpha value is -2.49. The number of carbonyl (C=O) groups excluding carboxylic acids is 1. The van der Waals surface area contributed by atoms with Gasteiger partial charge in [0.05, 0.1) is 22.7 Å². The lowest BCUT2D eigenvalue weighted by Gasteiger charge is -2.20. The van der Waals surface area contributed by atoms with Crippen LogP contribution in [0.1, 0.15) is 11.4 Å². The van der Waals surface area contributed by atoms with Crippen LogP contribution in [0.3, 0.4) is 0 Å². The van der Waals surface area contributed by atoms with Crippen molar-refractivity contribution in [3.05, 3.63) is 70.5 Å². The summed E-state index contributed by atoms with van der Waals surface area (Å²) in [5, 5.41) is 5.39. The van der Waals surface area contributed by atoms with Gasteiger partial charge in [0.1, 0.15) is 11.3 Å². The Labute approximate surface area is 197 Å². The molecule has 0 spiro atoms. The first-order chi connectivity index (χ1) is 15.3. The Morgan fingerprint density at radius 3 is 2.62 bits per heavy atom. The third-order valence-corrected chi connectivity index (χ3v) is 7.02. The molecule has 4 rings (SSSR count). The van der Waals surface area contributed by atoms with Crippen molar-refractivity contribution < 1.29 is 13.6 Å². The third kappa shape index (κ3) is 5.11. The summed E-state index contributed by atoms with van der Waals surface area (Å²) in [6.07, 6.45) is 0. The molecule has 166 valence electrons. The van der Waals surface area contributed by atoms with Crippen molar-refractivity contribution in [1.29, 1.82) is 0 Å². The lowest BCUT2D eigenvalue weighted by molar-refractivity contribution is -0.116. The zero-order valence-corrected chi connectivity index (χ0v) is 19.7. The van der Waals surface area contributed by atoms with Gasteiger partial charge in [-0.1, -0.05) is 22.9 Å². The molecule has 32 heavy (non-hydrogen) atoms. The van der Waals surface area contributed by atoms with Crippen molar-refractivity contribution in [2.45, 2.75) is 25.3 Å². The van der Waals surface area contributed by atoms with E-state index < -0.39 is 11.6 Å². The van der Waals surface area contributed by atoms with Gasteiger partial charge in [0.2, 0.25) is 5.91 Å². The van der Waals surface area contributed by atoms with Crippen molar-refractivity contribution in [3.63, 3.8) is 0 Å². The van der Waals surface area contributed by atoms with Crippen molar-refractivity contribution in [2.75, 3.05) is 17.2 Å². The van der Waals surface area contributed by atoms with E-state index in [2.05, 4.69) is 10.1 Å². The van der Waals surface area contributed by atoms with Gasteiger partial charge in [-0.25, -0.2) is 13.8 Å². The molecule has 0 atom stereocenters. The van der Waals surface area contributed by atoms with Crippen LogP contribution in [0.5, 0.6) is 0 Å². The van der Waals surface area contributed by atoms with Gasteiger partial charge < -0.3 is 0 Å². The molecule has 0 fully saturated rings. The standard InChI is InChI=1S/C22H19ClF2N4OS2/c1-13-9-14(2)29(27-13)8-7-28(20(30)12-31-17-5-3-15(23)4-6-17)22-26-21-18(25)10-16(24)11-19(21)32-22/h3-6,9-11H,7-8,12H2,1-2H3. The predicted octanol–water partition coefficient (Wildman–Crippen LogP) is 5.87. The molecule has 0 N–H and O–H groups in total. The number of nitrogens with zero attached hydrogens (tertiary/aromatic N) is 4. The number of hydrogen-bond acceptors (Lipinski definition) is 5. The molecule has 1 amide bonds. The summed E-state index contributed by atoms with van der Waals surface area (Å²) in [5.74, 6) is -1.45. The normalized spacial score (nSPS) is 11.3. The van der Waals surface area contributed by atoms with Gasteiger partial charge in [-0.2, -0.15) is 5.10 Å². The van der Waals surface area contributed by atoms with E-state index in [-0.39, 0.29) is 17.2 Å². The number of fused-ring (bicyclic) bond motifs is 1. The van der Waals surface area contributed by atoms with E-state index in [1.165, 1.54) is 22.7 Å². The Balaban J connectivity index is 1.59. The second-order valence-electron chi connectivity index (χ2n) is 7.17. The van der Waals surface area contributed by atoms with Crippen molar-refractivity contribution in [2.24, 2.45) is 0 Å². The molecule has 2 aromatic carbocycles. The number of thiazole rings is 1. The van der Waals surface area contributed by atoms with Crippen LogP contribution in [0.2, 0.25) is 5.02 Å². The molecule has 0 unspecified atom stereocenters. The largest absolute Gasteiger partial charge is 0.285 e. The van der Waals surface area contributed by atoms with E-state index in [0.717, 1.165) is 33.7 Å². The monoisotopic (exact) mass is 492 g/mol.